The van der Waals surface area contributed by atoms with Crippen LogP contribution in [0, 0.1) is 0 Å². The molecule has 0 amide bonds. The summed E-state index contributed by atoms with van der Waals surface area (Å²) in [5.41, 5.74) is 0. The fraction of sp³-hybridized carbons (Fsp3) is 1.00. The zero-order valence-corrected chi connectivity index (χ0v) is 7.02. The molecule has 0 spiro atoms. The van der Waals surface area contributed by atoms with E-state index in [1.807, 2.05) is 0 Å². The summed E-state index contributed by atoms with van der Waals surface area (Å²) >= 11 is 5.32. The average Bonchev–Trinajstić information content (AvgIpc) is 1.84. The minimum Gasteiger partial charge on any atom is -0.344 e. The molecule has 0 saturated carbocycles. The molecule has 0 saturated heterocycles. The van der Waals surface area contributed by atoms with Crippen molar-refractivity contribution in [2.24, 2.45) is 0 Å². The predicted molar refractivity (Wildman–Crippen MR) is 38.9 cm³/mol. The van der Waals surface area contributed by atoms with Gasteiger partial charge in [0.25, 0.3) is 5.97 Å². The van der Waals surface area contributed by atoms with E-state index in [9.17, 15) is 0 Å². The second kappa shape index (κ2) is 4.91. The van der Waals surface area contributed by atoms with Crippen LogP contribution < -0.4 is 0 Å². The molecule has 1 unspecified atom stereocenters. The van der Waals surface area contributed by atoms with E-state index in [0.29, 0.717) is 12.5 Å². The highest BCUT2D eigenvalue weighted by atomic mass is 35.5. The van der Waals surface area contributed by atoms with Crippen LogP contribution in [0.15, 0.2) is 0 Å². The summed E-state index contributed by atoms with van der Waals surface area (Å²) in [5, 5.41) is 9.14. The lowest BCUT2D eigenvalue weighted by molar-refractivity contribution is -0.345. The molecule has 1 N–H and O–H groups in total. The Morgan fingerprint density at radius 3 is 2.50 bits per heavy atom. The third kappa shape index (κ3) is 4.99. The van der Waals surface area contributed by atoms with Gasteiger partial charge in [0.05, 0.1) is 6.61 Å². The molecule has 0 aliphatic heterocycles. The number of hydrogen-bond acceptors (Lipinski definition) is 3. The minimum absolute atomic E-state index is 0.286. The highest BCUT2D eigenvalue weighted by Gasteiger charge is 2.19. The molecule has 10 heavy (non-hydrogen) atoms. The van der Waals surface area contributed by atoms with E-state index in [-0.39, 0.29) is 6.61 Å². The van der Waals surface area contributed by atoms with Crippen molar-refractivity contribution < 1.29 is 14.6 Å². The van der Waals surface area contributed by atoms with Crippen molar-refractivity contribution in [1.82, 2.24) is 0 Å². The number of ether oxygens (including phenoxy) is 2. The van der Waals surface area contributed by atoms with Crippen molar-refractivity contribution in [1.29, 1.82) is 0 Å². The van der Waals surface area contributed by atoms with Gasteiger partial charge in [-0.25, -0.2) is 0 Å². The van der Waals surface area contributed by atoms with Crippen molar-refractivity contribution in [2.75, 3.05) is 19.1 Å². The highest BCUT2D eigenvalue weighted by molar-refractivity contribution is 6.17. The Morgan fingerprint density at radius 1 is 1.50 bits per heavy atom. The number of halogens is 1. The molecule has 0 rings (SSSR count). The molecular weight excluding hydrogens is 156 g/mol. The molecule has 1 atom stereocenters. The lowest BCUT2D eigenvalue weighted by Gasteiger charge is -2.22. The molecule has 0 aliphatic rings. The fourth-order valence-electron chi connectivity index (χ4n) is 0.537. The molecule has 0 heterocycles. The summed E-state index contributed by atoms with van der Waals surface area (Å²) in [6, 6.07) is 0. The van der Waals surface area contributed by atoms with Gasteiger partial charge in [-0.1, -0.05) is 0 Å². The Kier molecular flexibility index (Phi) is 4.99. The summed E-state index contributed by atoms with van der Waals surface area (Å²) in [5.74, 6) is -1.13. The van der Waals surface area contributed by atoms with Gasteiger partial charge in [0.2, 0.25) is 0 Å². The molecule has 0 radical (unpaired) electrons. The lowest BCUT2D eigenvalue weighted by Crippen LogP contribution is -2.32. The molecule has 4 heteroatoms. The number of alkyl halides is 1. The van der Waals surface area contributed by atoms with Crippen LogP contribution in [0.1, 0.15) is 13.8 Å². The van der Waals surface area contributed by atoms with Crippen LogP contribution in [-0.2, 0) is 9.47 Å². The summed E-state index contributed by atoms with van der Waals surface area (Å²) in [4.78, 5) is 0. The standard InChI is InChI=1S/C6H13ClO3/c1-3-9-6(2,8)10-5-4-7/h8H,3-5H2,1-2H3. The van der Waals surface area contributed by atoms with Crippen molar-refractivity contribution in [3.05, 3.63) is 0 Å². The molecule has 0 aromatic heterocycles. The van der Waals surface area contributed by atoms with Crippen molar-refractivity contribution in [3.63, 3.8) is 0 Å². The summed E-state index contributed by atoms with van der Waals surface area (Å²) in [7, 11) is 0. The Hall–Kier alpha value is 0.170. The van der Waals surface area contributed by atoms with Gasteiger partial charge in [-0.2, -0.15) is 0 Å². The molecule has 0 aromatic rings. The molecular formula is C6H13ClO3. The maximum Gasteiger partial charge on any atom is 0.277 e. The smallest absolute Gasteiger partial charge is 0.277 e. The van der Waals surface area contributed by atoms with Gasteiger partial charge in [-0.3, -0.25) is 0 Å². The normalized spacial score (nSPS) is 16.8. The van der Waals surface area contributed by atoms with Crippen LogP contribution >= 0.6 is 11.6 Å². The van der Waals surface area contributed by atoms with Crippen LogP contribution in [0.5, 0.6) is 0 Å². The van der Waals surface area contributed by atoms with E-state index < -0.39 is 5.97 Å². The predicted octanol–water partition coefficient (Wildman–Crippen LogP) is 0.944. The first-order valence-corrected chi connectivity index (χ1v) is 3.72. The Balaban J connectivity index is 3.42. The van der Waals surface area contributed by atoms with Crippen LogP contribution in [0.25, 0.3) is 0 Å². The van der Waals surface area contributed by atoms with Crippen LogP contribution in [0.4, 0.5) is 0 Å². The first-order chi connectivity index (χ1) is 4.62. The first-order valence-electron chi connectivity index (χ1n) is 3.18. The summed E-state index contributed by atoms with van der Waals surface area (Å²) in [6.45, 7) is 3.91. The van der Waals surface area contributed by atoms with Gasteiger partial charge in [-0.15, -0.1) is 11.6 Å². The minimum atomic E-state index is -1.48. The lowest BCUT2D eigenvalue weighted by atomic mass is 10.6. The van der Waals surface area contributed by atoms with E-state index in [1.54, 1.807) is 6.92 Å². The maximum absolute atomic E-state index is 9.14. The van der Waals surface area contributed by atoms with Crippen molar-refractivity contribution in [2.45, 2.75) is 19.8 Å². The SMILES string of the molecule is CCOC(C)(O)OCCCl. The van der Waals surface area contributed by atoms with Gasteiger partial charge in [-0.05, 0) is 6.92 Å². The van der Waals surface area contributed by atoms with Crippen LogP contribution in [0.2, 0.25) is 0 Å². The Morgan fingerprint density at radius 2 is 2.10 bits per heavy atom. The molecule has 0 fully saturated rings. The first kappa shape index (κ1) is 10.2. The van der Waals surface area contributed by atoms with Gasteiger partial charge >= 0.3 is 0 Å². The third-order valence-electron chi connectivity index (χ3n) is 0.859. The van der Waals surface area contributed by atoms with Crippen molar-refractivity contribution in [3.8, 4) is 0 Å². The van der Waals surface area contributed by atoms with Crippen LogP contribution in [0.3, 0.4) is 0 Å². The number of aliphatic hydroxyl groups is 1. The van der Waals surface area contributed by atoms with Gasteiger partial charge < -0.3 is 14.6 Å². The van der Waals surface area contributed by atoms with Crippen molar-refractivity contribution >= 4 is 11.6 Å². The van der Waals surface area contributed by atoms with E-state index in [2.05, 4.69) is 0 Å². The monoisotopic (exact) mass is 168 g/mol. The van der Waals surface area contributed by atoms with Crippen LogP contribution in [-0.4, -0.2) is 30.2 Å². The zero-order valence-electron chi connectivity index (χ0n) is 6.26. The van der Waals surface area contributed by atoms with E-state index in [4.69, 9.17) is 26.2 Å². The molecule has 0 aromatic carbocycles. The largest absolute Gasteiger partial charge is 0.344 e. The second-order valence-electron chi connectivity index (χ2n) is 1.87. The van der Waals surface area contributed by atoms with Gasteiger partial charge in [0, 0.05) is 19.4 Å². The maximum atomic E-state index is 9.14. The zero-order chi connectivity index (χ0) is 8.04. The molecule has 62 valence electrons. The number of rotatable bonds is 5. The quantitative estimate of drug-likeness (QED) is 0.491. The van der Waals surface area contributed by atoms with E-state index in [1.165, 1.54) is 6.92 Å². The third-order valence-corrected chi connectivity index (χ3v) is 1.01. The second-order valence-corrected chi connectivity index (χ2v) is 2.25. The Bertz CT molecular complexity index is 85.1. The molecule has 3 nitrogen and oxygen atoms in total. The van der Waals surface area contributed by atoms with E-state index >= 15 is 0 Å². The summed E-state index contributed by atoms with van der Waals surface area (Å²) in [6.07, 6.45) is 0. The van der Waals surface area contributed by atoms with Gasteiger partial charge in [0.1, 0.15) is 0 Å². The molecule has 0 bridgehead atoms. The summed E-state index contributed by atoms with van der Waals surface area (Å²) < 4.78 is 9.63. The highest BCUT2D eigenvalue weighted by Crippen LogP contribution is 2.06. The molecule has 0 aliphatic carbocycles. The Labute approximate surface area is 65.9 Å². The van der Waals surface area contributed by atoms with Gasteiger partial charge in [0.15, 0.2) is 0 Å². The average molecular weight is 169 g/mol. The fourth-order valence-corrected chi connectivity index (χ4v) is 0.615. The number of hydrogen-bond donors (Lipinski definition) is 1. The topological polar surface area (TPSA) is 38.7 Å². The van der Waals surface area contributed by atoms with E-state index in [0.717, 1.165) is 0 Å².